The maximum absolute atomic E-state index is 13.0. The largest absolute Gasteiger partial charge is 0.496 e. The number of hydrogen-bond acceptors (Lipinski definition) is 8. The summed E-state index contributed by atoms with van der Waals surface area (Å²) in [4.78, 5) is 23.4. The molecule has 2 aromatic heterocycles. The van der Waals surface area contributed by atoms with Gasteiger partial charge in [0.05, 0.1) is 34.4 Å². The van der Waals surface area contributed by atoms with Gasteiger partial charge in [0, 0.05) is 6.54 Å². The molecule has 11 nitrogen and oxygen atoms in total. The maximum Gasteiger partial charge on any atom is 0.490 e. The third kappa shape index (κ3) is 8.87. The van der Waals surface area contributed by atoms with Gasteiger partial charge in [0.1, 0.15) is 9.96 Å². The second-order valence-corrected chi connectivity index (χ2v) is 13.9. The van der Waals surface area contributed by atoms with E-state index in [2.05, 4.69) is 15.1 Å². The predicted octanol–water partition coefficient (Wildman–Crippen LogP) is 5.20. The van der Waals surface area contributed by atoms with Crippen LogP contribution in [0, 0.1) is 0 Å². The van der Waals surface area contributed by atoms with Crippen molar-refractivity contribution in [1.29, 1.82) is 0 Å². The third-order valence-electron chi connectivity index (χ3n) is 6.70. The first-order chi connectivity index (χ1) is 20.9. The Hall–Kier alpha value is -3.86. The number of ether oxygens (including phenoxy) is 1. The van der Waals surface area contributed by atoms with Gasteiger partial charge in [0.15, 0.2) is 5.82 Å². The Morgan fingerprint density at radius 1 is 1.09 bits per heavy atom. The number of nitrogens with one attached hydrogen (secondary N) is 2. The Bertz CT molecular complexity index is 1790. The highest BCUT2D eigenvalue weighted by atomic mass is 35.5. The van der Waals surface area contributed by atoms with Gasteiger partial charge in [-0.25, -0.2) is 13.2 Å². The number of hydrogen-bond donors (Lipinski definition) is 3. The van der Waals surface area contributed by atoms with E-state index in [1.165, 1.54) is 19.2 Å². The highest BCUT2D eigenvalue weighted by molar-refractivity contribution is 7.94. The van der Waals surface area contributed by atoms with Crippen LogP contribution in [-0.2, 0) is 32.7 Å². The number of halogens is 4. The Kier molecular flexibility index (Phi) is 11.1. The topological polar surface area (TPSA) is 143 Å². The van der Waals surface area contributed by atoms with Gasteiger partial charge in [0.2, 0.25) is 5.91 Å². The number of sulfonamides is 1. The molecule has 0 saturated carbocycles. The van der Waals surface area contributed by atoms with Crippen LogP contribution in [-0.4, -0.2) is 73.0 Å². The number of likely N-dealkylation sites (N-methyl/N-ethyl adjacent to an activating group) is 1. The Balaban J connectivity index is 0.000000707. The number of thiophene rings is 1. The first-order valence-corrected chi connectivity index (χ1v) is 15.7. The number of aliphatic carboxylic acids is 1. The molecule has 0 atom stereocenters. The van der Waals surface area contributed by atoms with Crippen molar-refractivity contribution in [2.75, 3.05) is 25.9 Å². The maximum atomic E-state index is 13.0. The van der Waals surface area contributed by atoms with Crippen LogP contribution >= 0.6 is 22.9 Å². The normalized spacial score (nSPS) is 12.0. The lowest BCUT2D eigenvalue weighted by Crippen LogP contribution is -2.51. The molecule has 3 N–H and O–H groups in total. The monoisotopic (exact) mass is 689 g/mol. The number of nitrogens with zero attached hydrogens (tertiary/aromatic N) is 3. The lowest BCUT2D eigenvalue weighted by atomic mass is 10.0. The standard InChI is InChI=1S/C26H30ClN5O4S2.C2HF3O2/c1-26(2,31(3)4)25(33)28-15-17-8-6-9-18(14-17)16-32-19-10-7-11-20(36-5)23(19)24(29-32)30-38(34,35)22-13-12-21(27)37-22;3-2(4,5)1(6)7/h6-14H,15-16H2,1-5H3,(H,28,33)(H,29,30);(H,6,7). The van der Waals surface area contributed by atoms with Crippen LogP contribution in [0.2, 0.25) is 4.34 Å². The number of carbonyl (C=O) groups excluding carboxylic acids is 1. The first kappa shape index (κ1) is 35.6. The summed E-state index contributed by atoms with van der Waals surface area (Å²) in [5.74, 6) is -2.17. The summed E-state index contributed by atoms with van der Waals surface area (Å²) in [5, 5.41) is 15.3. The van der Waals surface area contributed by atoms with E-state index in [1.54, 1.807) is 10.7 Å². The second-order valence-electron chi connectivity index (χ2n) is 10.3. The number of alkyl halides is 3. The molecule has 4 rings (SSSR count). The highest BCUT2D eigenvalue weighted by Gasteiger charge is 2.38. The van der Waals surface area contributed by atoms with Gasteiger partial charge in [0.25, 0.3) is 10.0 Å². The Morgan fingerprint density at radius 3 is 2.27 bits per heavy atom. The van der Waals surface area contributed by atoms with Gasteiger partial charge in [-0.2, -0.15) is 18.3 Å². The Morgan fingerprint density at radius 2 is 1.71 bits per heavy atom. The average molecular weight is 690 g/mol. The molecule has 2 heterocycles. The lowest BCUT2D eigenvalue weighted by molar-refractivity contribution is -0.192. The fraction of sp³-hybridized carbons (Fsp3) is 0.321. The van der Waals surface area contributed by atoms with E-state index in [9.17, 15) is 26.4 Å². The molecule has 2 aromatic carbocycles. The molecule has 0 aliphatic heterocycles. The SMILES string of the molecule is COc1cccc2c1c(NS(=O)(=O)c1ccc(Cl)s1)nn2Cc1cccc(CNC(=O)C(C)(C)N(C)C)c1.O=C(O)C(F)(F)F. The van der Waals surface area contributed by atoms with Gasteiger partial charge in [-0.15, -0.1) is 11.3 Å². The smallest absolute Gasteiger partial charge is 0.490 e. The number of amides is 1. The summed E-state index contributed by atoms with van der Waals surface area (Å²) in [6.45, 7) is 4.50. The molecular formula is C28H31ClF3N5O6S2. The van der Waals surface area contributed by atoms with Gasteiger partial charge >= 0.3 is 12.1 Å². The van der Waals surface area contributed by atoms with Gasteiger partial charge in [-0.3, -0.25) is 19.1 Å². The summed E-state index contributed by atoms with van der Waals surface area (Å²) in [6.07, 6.45) is -5.08. The fourth-order valence-electron chi connectivity index (χ4n) is 3.79. The van der Waals surface area contributed by atoms with Gasteiger partial charge < -0.3 is 15.2 Å². The van der Waals surface area contributed by atoms with Crippen LogP contribution in [0.4, 0.5) is 19.0 Å². The second kappa shape index (κ2) is 14.1. The van der Waals surface area contributed by atoms with E-state index in [-0.39, 0.29) is 15.9 Å². The van der Waals surface area contributed by atoms with E-state index < -0.39 is 27.7 Å². The number of methoxy groups -OCH3 is 1. The molecule has 4 aromatic rings. The number of carboxylic acid groups (broad SMARTS) is 1. The zero-order chi connectivity index (χ0) is 33.7. The molecule has 0 aliphatic carbocycles. The Labute approximate surface area is 266 Å². The van der Waals surface area contributed by atoms with Crippen molar-refractivity contribution in [2.24, 2.45) is 0 Å². The van der Waals surface area contributed by atoms with Crippen LogP contribution < -0.4 is 14.8 Å². The number of rotatable bonds is 10. The summed E-state index contributed by atoms with van der Waals surface area (Å²) in [7, 11) is 1.36. The first-order valence-electron chi connectivity index (χ1n) is 13.0. The molecule has 45 heavy (non-hydrogen) atoms. The van der Waals surface area contributed by atoms with E-state index >= 15 is 0 Å². The van der Waals surface area contributed by atoms with Crippen LogP contribution in [0.25, 0.3) is 10.9 Å². The molecule has 244 valence electrons. The minimum Gasteiger partial charge on any atom is -0.496 e. The van der Waals surface area contributed by atoms with E-state index in [1.807, 2.05) is 69.2 Å². The number of carbonyl (C=O) groups is 2. The average Bonchev–Trinajstić information content (AvgIpc) is 3.55. The minimum absolute atomic E-state index is 0.0676. The van der Waals surface area contributed by atoms with E-state index in [0.29, 0.717) is 34.1 Å². The predicted molar refractivity (Wildman–Crippen MR) is 165 cm³/mol. The van der Waals surface area contributed by atoms with Crippen LogP contribution in [0.3, 0.4) is 0 Å². The van der Waals surface area contributed by atoms with Crippen LogP contribution in [0.5, 0.6) is 5.75 Å². The zero-order valence-electron chi connectivity index (χ0n) is 24.8. The molecule has 0 spiro atoms. The number of carboxylic acids is 1. The molecular weight excluding hydrogens is 659 g/mol. The lowest BCUT2D eigenvalue weighted by Gasteiger charge is -2.30. The molecule has 17 heteroatoms. The molecule has 0 bridgehead atoms. The molecule has 0 radical (unpaired) electrons. The molecule has 1 amide bonds. The van der Waals surface area contributed by atoms with Crippen LogP contribution in [0.1, 0.15) is 25.0 Å². The number of aromatic nitrogens is 2. The van der Waals surface area contributed by atoms with Crippen molar-refractivity contribution in [3.63, 3.8) is 0 Å². The minimum atomic E-state index is -5.08. The van der Waals surface area contributed by atoms with Gasteiger partial charge in [-0.1, -0.05) is 41.9 Å². The van der Waals surface area contributed by atoms with Crippen LogP contribution in [0.15, 0.2) is 58.8 Å². The number of benzene rings is 2. The molecule has 0 fully saturated rings. The van der Waals surface area contributed by atoms with E-state index in [4.69, 9.17) is 26.2 Å². The van der Waals surface area contributed by atoms with Crippen molar-refractivity contribution in [3.05, 3.63) is 70.1 Å². The molecule has 0 unspecified atom stereocenters. The van der Waals surface area contributed by atoms with Crippen molar-refractivity contribution < 1.29 is 41.0 Å². The quantitative estimate of drug-likeness (QED) is 0.206. The van der Waals surface area contributed by atoms with Crippen molar-refractivity contribution >= 4 is 61.6 Å². The summed E-state index contributed by atoms with van der Waals surface area (Å²) in [5.41, 5.74) is 1.95. The summed E-state index contributed by atoms with van der Waals surface area (Å²) in [6, 6.07) is 16.3. The zero-order valence-corrected chi connectivity index (χ0v) is 27.2. The molecule has 0 saturated heterocycles. The third-order valence-corrected chi connectivity index (χ3v) is 9.76. The molecule has 0 aliphatic rings. The fourth-order valence-corrected chi connectivity index (χ4v) is 6.28. The van der Waals surface area contributed by atoms with Crippen molar-refractivity contribution in [1.82, 2.24) is 20.0 Å². The van der Waals surface area contributed by atoms with Crippen molar-refractivity contribution in [2.45, 2.75) is 42.9 Å². The highest BCUT2D eigenvalue weighted by Crippen LogP contribution is 2.35. The summed E-state index contributed by atoms with van der Waals surface area (Å²) < 4.78 is 68.1. The van der Waals surface area contributed by atoms with E-state index in [0.717, 1.165) is 22.5 Å². The number of fused-ring (bicyclic) bond motifs is 1. The summed E-state index contributed by atoms with van der Waals surface area (Å²) >= 11 is 6.92. The van der Waals surface area contributed by atoms with Gasteiger partial charge in [-0.05, 0) is 63.3 Å². The number of anilines is 1. The van der Waals surface area contributed by atoms with Crippen molar-refractivity contribution in [3.8, 4) is 5.75 Å².